The number of amides is 1. The molecule has 0 aliphatic heterocycles. The number of pyridine rings is 1. The number of hydrogen-bond donors (Lipinski definition) is 3. The van der Waals surface area contributed by atoms with Crippen molar-refractivity contribution >= 4 is 28.5 Å². The average Bonchev–Trinajstić information content (AvgIpc) is 3.36. The Hall–Kier alpha value is -2.83. The summed E-state index contributed by atoms with van der Waals surface area (Å²) in [5.74, 6) is -0.515. The van der Waals surface area contributed by atoms with Crippen molar-refractivity contribution in [1.29, 1.82) is 0 Å². The van der Waals surface area contributed by atoms with E-state index >= 15 is 0 Å². The van der Waals surface area contributed by atoms with Crippen molar-refractivity contribution in [3.63, 3.8) is 0 Å². The number of carbonyl (C=O) groups is 2. The maximum absolute atomic E-state index is 12.0. The summed E-state index contributed by atoms with van der Waals surface area (Å²) in [6.45, 7) is 5.60. The monoisotopic (exact) mass is 357 g/mol. The molecule has 1 amide bonds. The minimum absolute atomic E-state index is 0.0187. The molecule has 1 aliphatic rings. The van der Waals surface area contributed by atoms with Crippen LogP contribution in [0.5, 0.6) is 5.75 Å². The van der Waals surface area contributed by atoms with Crippen LogP contribution in [0.15, 0.2) is 18.2 Å². The van der Waals surface area contributed by atoms with E-state index in [9.17, 15) is 14.7 Å². The SMILES string of the molecule is Cc1nc2cccc(OCC(C)(C)NC(=O)C3CC3)c2c(N)c1C(=O)O. The van der Waals surface area contributed by atoms with E-state index in [2.05, 4.69) is 10.3 Å². The molecule has 1 saturated carbocycles. The molecule has 1 aromatic heterocycles. The number of fused-ring (bicyclic) bond motifs is 1. The first-order valence-corrected chi connectivity index (χ1v) is 8.56. The van der Waals surface area contributed by atoms with Crippen molar-refractivity contribution in [2.45, 2.75) is 39.2 Å². The van der Waals surface area contributed by atoms with Crippen molar-refractivity contribution in [3.8, 4) is 5.75 Å². The third kappa shape index (κ3) is 3.56. The Labute approximate surface area is 151 Å². The summed E-state index contributed by atoms with van der Waals surface area (Å²) in [6.07, 6.45) is 1.87. The lowest BCUT2D eigenvalue weighted by Crippen LogP contribution is -2.48. The largest absolute Gasteiger partial charge is 0.490 e. The second-order valence-corrected chi connectivity index (χ2v) is 7.38. The number of aryl methyl sites for hydroxylation is 1. The molecule has 3 rings (SSSR count). The number of aromatic nitrogens is 1. The van der Waals surface area contributed by atoms with Crippen LogP contribution in [0.4, 0.5) is 5.69 Å². The Bertz CT molecular complexity index is 888. The Kier molecular flexibility index (Phi) is 4.48. The van der Waals surface area contributed by atoms with Gasteiger partial charge < -0.3 is 20.9 Å². The van der Waals surface area contributed by atoms with Crippen LogP contribution in [0, 0.1) is 12.8 Å². The van der Waals surface area contributed by atoms with E-state index in [1.807, 2.05) is 13.8 Å². The number of carboxylic acids is 1. The molecule has 26 heavy (non-hydrogen) atoms. The number of ether oxygens (including phenoxy) is 1. The molecule has 0 spiro atoms. The van der Waals surface area contributed by atoms with Crippen LogP contribution in [0.1, 0.15) is 42.7 Å². The van der Waals surface area contributed by atoms with Crippen LogP contribution in [-0.2, 0) is 4.79 Å². The summed E-state index contributed by atoms with van der Waals surface area (Å²) in [7, 11) is 0. The highest BCUT2D eigenvalue weighted by molar-refractivity contribution is 6.06. The molecular formula is C19H23N3O4. The van der Waals surface area contributed by atoms with Crippen LogP contribution in [-0.4, -0.2) is 34.1 Å². The van der Waals surface area contributed by atoms with E-state index < -0.39 is 11.5 Å². The maximum Gasteiger partial charge on any atom is 0.339 e. The van der Waals surface area contributed by atoms with E-state index in [4.69, 9.17) is 10.5 Å². The third-order valence-electron chi connectivity index (χ3n) is 4.40. The summed E-state index contributed by atoms with van der Waals surface area (Å²) in [5, 5.41) is 12.9. The number of carboxylic acid groups (broad SMARTS) is 1. The fourth-order valence-corrected chi connectivity index (χ4v) is 2.91. The molecule has 0 bridgehead atoms. The van der Waals surface area contributed by atoms with E-state index in [0.717, 1.165) is 12.8 Å². The molecule has 1 aliphatic carbocycles. The van der Waals surface area contributed by atoms with Gasteiger partial charge in [-0.1, -0.05) is 6.07 Å². The van der Waals surface area contributed by atoms with Crippen molar-refractivity contribution < 1.29 is 19.4 Å². The van der Waals surface area contributed by atoms with Gasteiger partial charge >= 0.3 is 5.97 Å². The van der Waals surface area contributed by atoms with Crippen LogP contribution in [0.25, 0.3) is 10.9 Å². The fourth-order valence-electron chi connectivity index (χ4n) is 2.91. The smallest absolute Gasteiger partial charge is 0.339 e. The molecular weight excluding hydrogens is 334 g/mol. The molecule has 0 atom stereocenters. The Balaban J connectivity index is 1.89. The number of nitrogens with two attached hydrogens (primary N) is 1. The van der Waals surface area contributed by atoms with Crippen molar-refractivity contribution in [3.05, 3.63) is 29.5 Å². The van der Waals surface area contributed by atoms with Crippen molar-refractivity contribution in [1.82, 2.24) is 10.3 Å². The Morgan fingerprint density at radius 1 is 1.38 bits per heavy atom. The predicted octanol–water partition coefficient (Wildman–Crippen LogP) is 2.51. The van der Waals surface area contributed by atoms with E-state index in [1.54, 1.807) is 25.1 Å². The van der Waals surface area contributed by atoms with Gasteiger partial charge in [0.2, 0.25) is 5.91 Å². The predicted molar refractivity (Wildman–Crippen MR) is 98.3 cm³/mol. The lowest BCUT2D eigenvalue weighted by Gasteiger charge is -2.27. The standard InChI is InChI=1S/C19H23N3O4/c1-10-14(18(24)25)16(20)15-12(21-10)5-4-6-13(15)26-9-19(2,3)22-17(23)11-7-8-11/h4-6,11H,7-9H2,1-3H3,(H2,20,21)(H,22,23)(H,24,25). The summed E-state index contributed by atoms with van der Waals surface area (Å²) >= 11 is 0. The van der Waals surface area contributed by atoms with Crippen molar-refractivity contribution in [2.75, 3.05) is 12.3 Å². The zero-order valence-electron chi connectivity index (χ0n) is 15.1. The van der Waals surface area contributed by atoms with E-state index in [1.165, 1.54) is 0 Å². The van der Waals surface area contributed by atoms with Gasteiger partial charge in [-0.3, -0.25) is 9.78 Å². The molecule has 7 heteroatoms. The van der Waals surface area contributed by atoms with Gasteiger partial charge in [0, 0.05) is 5.92 Å². The number of nitrogen functional groups attached to an aromatic ring is 1. The lowest BCUT2D eigenvalue weighted by atomic mass is 10.0. The van der Waals surface area contributed by atoms with Crippen LogP contribution in [0.3, 0.4) is 0 Å². The van der Waals surface area contributed by atoms with Gasteiger partial charge in [-0.25, -0.2) is 4.79 Å². The quantitative estimate of drug-likeness (QED) is 0.732. The van der Waals surface area contributed by atoms with E-state index in [-0.39, 0.29) is 29.7 Å². The number of carbonyl (C=O) groups excluding carboxylic acids is 1. The molecule has 138 valence electrons. The van der Waals surface area contributed by atoms with Crippen molar-refractivity contribution in [2.24, 2.45) is 5.92 Å². The topological polar surface area (TPSA) is 115 Å². The van der Waals surface area contributed by atoms with Gasteiger partial charge in [0.15, 0.2) is 0 Å². The molecule has 2 aromatic rings. The fraction of sp³-hybridized carbons (Fsp3) is 0.421. The van der Waals surface area contributed by atoms with Crippen LogP contribution < -0.4 is 15.8 Å². The number of aromatic carboxylic acids is 1. The normalized spacial score (nSPS) is 14.3. The highest BCUT2D eigenvalue weighted by Crippen LogP contribution is 2.34. The first-order valence-electron chi connectivity index (χ1n) is 8.56. The summed E-state index contributed by atoms with van der Waals surface area (Å²) in [4.78, 5) is 27.8. The van der Waals surface area contributed by atoms with Gasteiger partial charge in [-0.15, -0.1) is 0 Å². The molecule has 1 aromatic carbocycles. The average molecular weight is 357 g/mol. The number of rotatable bonds is 6. The third-order valence-corrected chi connectivity index (χ3v) is 4.40. The zero-order chi connectivity index (χ0) is 19.1. The molecule has 1 heterocycles. The Morgan fingerprint density at radius 2 is 2.08 bits per heavy atom. The highest BCUT2D eigenvalue weighted by atomic mass is 16.5. The first-order chi connectivity index (χ1) is 12.2. The lowest BCUT2D eigenvalue weighted by molar-refractivity contribution is -0.124. The minimum atomic E-state index is -1.12. The molecule has 1 fully saturated rings. The highest BCUT2D eigenvalue weighted by Gasteiger charge is 2.33. The zero-order valence-corrected chi connectivity index (χ0v) is 15.1. The molecule has 0 saturated heterocycles. The van der Waals surface area contributed by atoms with Gasteiger partial charge in [-0.05, 0) is 45.7 Å². The second-order valence-electron chi connectivity index (χ2n) is 7.38. The minimum Gasteiger partial charge on any atom is -0.490 e. The maximum atomic E-state index is 12.0. The number of benzene rings is 1. The number of nitrogens with one attached hydrogen (secondary N) is 1. The second kappa shape index (κ2) is 6.48. The summed E-state index contributed by atoms with van der Waals surface area (Å²) < 4.78 is 5.91. The van der Waals surface area contributed by atoms with Crippen LogP contribution in [0.2, 0.25) is 0 Å². The van der Waals surface area contributed by atoms with Gasteiger partial charge in [0.1, 0.15) is 17.9 Å². The summed E-state index contributed by atoms with van der Waals surface area (Å²) in [6, 6.07) is 5.26. The molecule has 0 radical (unpaired) electrons. The van der Waals surface area contributed by atoms with Crippen LogP contribution >= 0.6 is 0 Å². The van der Waals surface area contributed by atoms with Gasteiger partial charge in [0.25, 0.3) is 0 Å². The number of hydrogen-bond acceptors (Lipinski definition) is 5. The molecule has 7 nitrogen and oxygen atoms in total. The number of nitrogens with zero attached hydrogens (tertiary/aromatic N) is 1. The van der Waals surface area contributed by atoms with Gasteiger partial charge in [0.05, 0.1) is 27.8 Å². The molecule has 4 N–H and O–H groups in total. The molecule has 0 unspecified atom stereocenters. The summed E-state index contributed by atoms with van der Waals surface area (Å²) in [5.41, 5.74) is 6.60. The van der Waals surface area contributed by atoms with E-state index in [0.29, 0.717) is 22.3 Å². The number of anilines is 1. The Morgan fingerprint density at radius 3 is 2.69 bits per heavy atom. The first kappa shape index (κ1) is 18.0. The van der Waals surface area contributed by atoms with Gasteiger partial charge in [-0.2, -0.15) is 0 Å².